The number of benzene rings is 1. The van der Waals surface area contributed by atoms with Crippen LogP contribution in [0.3, 0.4) is 0 Å². The quantitative estimate of drug-likeness (QED) is 0.328. The molecule has 0 unspecified atom stereocenters. The molecule has 0 fully saturated rings. The number of hydrogen-bond acceptors (Lipinski definition) is 1. The summed E-state index contributed by atoms with van der Waals surface area (Å²) >= 11 is 0. The summed E-state index contributed by atoms with van der Waals surface area (Å²) in [5, 5.41) is 3.55. The van der Waals surface area contributed by atoms with Gasteiger partial charge in [-0.1, -0.05) is 5.11 Å². The van der Waals surface area contributed by atoms with Crippen LogP contribution < -0.4 is 4.57 Å². The van der Waals surface area contributed by atoms with Gasteiger partial charge in [-0.15, -0.1) is 0 Å². The van der Waals surface area contributed by atoms with E-state index in [1.165, 1.54) is 18.2 Å². The van der Waals surface area contributed by atoms with E-state index in [9.17, 15) is 4.39 Å². The van der Waals surface area contributed by atoms with E-state index >= 15 is 0 Å². The lowest BCUT2D eigenvalue weighted by atomic mass is 10.1. The highest BCUT2D eigenvalue weighted by molar-refractivity contribution is 5.75. The van der Waals surface area contributed by atoms with Crippen molar-refractivity contribution in [2.24, 2.45) is 12.2 Å². The Balaban J connectivity index is 2.60. The molecule has 0 N–H and O–H groups in total. The van der Waals surface area contributed by atoms with Gasteiger partial charge in [0.05, 0.1) is 0 Å². The maximum atomic E-state index is 13.2. The maximum Gasteiger partial charge on any atom is 0.169 e. The van der Waals surface area contributed by atoms with Gasteiger partial charge >= 0.3 is 0 Å². The summed E-state index contributed by atoms with van der Waals surface area (Å²) in [5.74, 6) is -0.356. The molecule has 2 rings (SSSR count). The molecule has 0 saturated carbocycles. The van der Waals surface area contributed by atoms with Crippen LogP contribution in [0.5, 0.6) is 0 Å². The number of rotatable bonds is 2. The summed E-state index contributed by atoms with van der Waals surface area (Å²) in [5.41, 5.74) is 10.3. The SMILES string of the molecule is C[n+]1ccc(-c2cc(F)ccc2N=[N+]=[N-])cc1. The van der Waals surface area contributed by atoms with Crippen LogP contribution in [0.15, 0.2) is 47.8 Å². The number of azide groups is 1. The van der Waals surface area contributed by atoms with E-state index in [2.05, 4.69) is 10.0 Å². The molecule has 0 aliphatic carbocycles. The van der Waals surface area contributed by atoms with Gasteiger partial charge in [0.25, 0.3) is 0 Å². The van der Waals surface area contributed by atoms with Crippen molar-refractivity contribution in [1.82, 2.24) is 0 Å². The highest BCUT2D eigenvalue weighted by Crippen LogP contribution is 2.30. The first kappa shape index (κ1) is 11.1. The first-order valence-electron chi connectivity index (χ1n) is 5.01. The molecule has 17 heavy (non-hydrogen) atoms. The third-order valence-corrected chi connectivity index (χ3v) is 2.40. The molecule has 0 bridgehead atoms. The second-order valence-electron chi connectivity index (χ2n) is 3.60. The highest BCUT2D eigenvalue weighted by Gasteiger charge is 2.06. The van der Waals surface area contributed by atoms with Gasteiger partial charge in [0, 0.05) is 22.7 Å². The molecule has 0 aliphatic rings. The molecular formula is C12H10FN4+. The average Bonchev–Trinajstić information content (AvgIpc) is 2.33. The van der Waals surface area contributed by atoms with Crippen LogP contribution in [0.4, 0.5) is 10.1 Å². The Morgan fingerprint density at radius 1 is 1.24 bits per heavy atom. The molecule has 1 heterocycles. The van der Waals surface area contributed by atoms with Gasteiger partial charge in [0.1, 0.15) is 12.9 Å². The fourth-order valence-corrected chi connectivity index (χ4v) is 1.56. The van der Waals surface area contributed by atoms with Crippen molar-refractivity contribution in [2.45, 2.75) is 0 Å². The van der Waals surface area contributed by atoms with E-state index in [4.69, 9.17) is 5.53 Å². The minimum atomic E-state index is -0.356. The molecule has 2 aromatic rings. The number of halogens is 1. The van der Waals surface area contributed by atoms with Crippen molar-refractivity contribution in [1.29, 1.82) is 0 Å². The van der Waals surface area contributed by atoms with Gasteiger partial charge in [-0.3, -0.25) is 0 Å². The standard InChI is InChI=1S/C12H10FN4/c1-17-6-4-9(5-7-17)11-8-10(13)2-3-12(11)15-16-14/h2-8H,1H3/q+1. The van der Waals surface area contributed by atoms with Gasteiger partial charge in [-0.05, 0) is 34.9 Å². The molecule has 5 heteroatoms. The van der Waals surface area contributed by atoms with Crippen LogP contribution in [-0.2, 0) is 7.05 Å². The van der Waals surface area contributed by atoms with E-state index < -0.39 is 0 Å². The molecule has 0 radical (unpaired) electrons. The molecule has 0 amide bonds. The van der Waals surface area contributed by atoms with Crippen LogP contribution >= 0.6 is 0 Å². The van der Waals surface area contributed by atoms with Gasteiger partial charge in [-0.2, -0.15) is 0 Å². The topological polar surface area (TPSA) is 52.6 Å². The van der Waals surface area contributed by atoms with Crippen molar-refractivity contribution < 1.29 is 8.96 Å². The van der Waals surface area contributed by atoms with Crippen LogP contribution in [0.25, 0.3) is 21.6 Å². The van der Waals surface area contributed by atoms with Crippen molar-refractivity contribution in [2.75, 3.05) is 0 Å². The van der Waals surface area contributed by atoms with Gasteiger partial charge < -0.3 is 0 Å². The number of aromatic nitrogens is 1. The Kier molecular flexibility index (Phi) is 3.03. The maximum absolute atomic E-state index is 13.2. The van der Waals surface area contributed by atoms with E-state index in [0.717, 1.165) is 5.56 Å². The van der Waals surface area contributed by atoms with Crippen LogP contribution in [0, 0.1) is 5.82 Å². The van der Waals surface area contributed by atoms with E-state index in [-0.39, 0.29) is 5.82 Å². The summed E-state index contributed by atoms with van der Waals surface area (Å²) in [6, 6.07) is 7.78. The predicted octanol–water partition coefficient (Wildman–Crippen LogP) is 3.26. The Bertz CT molecular complexity index is 586. The Morgan fingerprint density at radius 2 is 1.94 bits per heavy atom. The summed E-state index contributed by atoms with van der Waals surface area (Å²) < 4.78 is 15.1. The largest absolute Gasteiger partial charge is 0.208 e. The fourth-order valence-electron chi connectivity index (χ4n) is 1.56. The van der Waals surface area contributed by atoms with Crippen LogP contribution in [-0.4, -0.2) is 0 Å². The monoisotopic (exact) mass is 229 g/mol. The van der Waals surface area contributed by atoms with Crippen LogP contribution in [0.1, 0.15) is 0 Å². The van der Waals surface area contributed by atoms with E-state index in [1.807, 2.05) is 36.1 Å². The predicted molar refractivity (Wildman–Crippen MR) is 61.8 cm³/mol. The van der Waals surface area contributed by atoms with E-state index in [0.29, 0.717) is 11.3 Å². The first-order valence-corrected chi connectivity index (χ1v) is 5.01. The Hall–Kier alpha value is -2.39. The van der Waals surface area contributed by atoms with Crippen molar-refractivity contribution in [3.63, 3.8) is 0 Å². The first-order chi connectivity index (χ1) is 8.20. The fraction of sp³-hybridized carbons (Fsp3) is 0.0833. The normalized spacial score (nSPS) is 9.76. The minimum Gasteiger partial charge on any atom is -0.208 e. The Morgan fingerprint density at radius 3 is 2.59 bits per heavy atom. The third-order valence-electron chi connectivity index (χ3n) is 2.40. The zero-order chi connectivity index (χ0) is 12.3. The second kappa shape index (κ2) is 4.63. The number of nitrogens with zero attached hydrogens (tertiary/aromatic N) is 4. The van der Waals surface area contributed by atoms with Crippen molar-refractivity contribution in [3.05, 3.63) is 59.0 Å². The molecule has 1 aromatic heterocycles. The number of aryl methyl sites for hydroxylation is 1. The molecule has 84 valence electrons. The molecular weight excluding hydrogens is 219 g/mol. The molecule has 0 saturated heterocycles. The zero-order valence-corrected chi connectivity index (χ0v) is 9.21. The minimum absolute atomic E-state index is 0.356. The summed E-state index contributed by atoms with van der Waals surface area (Å²) in [6.45, 7) is 0. The summed E-state index contributed by atoms with van der Waals surface area (Å²) in [4.78, 5) is 2.74. The molecule has 1 aromatic carbocycles. The lowest BCUT2D eigenvalue weighted by molar-refractivity contribution is -0.671. The van der Waals surface area contributed by atoms with Gasteiger partial charge in [-0.25, -0.2) is 8.96 Å². The summed E-state index contributed by atoms with van der Waals surface area (Å²) in [6.07, 6.45) is 3.69. The Labute approximate surface area is 97.6 Å². The van der Waals surface area contributed by atoms with Crippen LogP contribution in [0.2, 0.25) is 0 Å². The molecule has 4 nitrogen and oxygen atoms in total. The van der Waals surface area contributed by atoms with Gasteiger partial charge in [0.15, 0.2) is 12.4 Å². The van der Waals surface area contributed by atoms with Crippen molar-refractivity contribution >= 4 is 5.69 Å². The zero-order valence-electron chi connectivity index (χ0n) is 9.21. The molecule has 0 aliphatic heterocycles. The lowest BCUT2D eigenvalue weighted by Gasteiger charge is -2.04. The van der Waals surface area contributed by atoms with E-state index in [1.54, 1.807) is 0 Å². The second-order valence-corrected chi connectivity index (χ2v) is 3.60. The number of hydrogen-bond donors (Lipinski definition) is 0. The third kappa shape index (κ3) is 2.41. The smallest absolute Gasteiger partial charge is 0.169 e. The van der Waals surface area contributed by atoms with Gasteiger partial charge in [0.2, 0.25) is 0 Å². The summed E-state index contributed by atoms with van der Waals surface area (Å²) in [7, 11) is 1.89. The molecule has 0 spiro atoms. The highest BCUT2D eigenvalue weighted by atomic mass is 19.1. The average molecular weight is 229 g/mol. The molecule has 0 atom stereocenters. The van der Waals surface area contributed by atoms with Crippen molar-refractivity contribution in [3.8, 4) is 11.1 Å². The number of pyridine rings is 1. The lowest BCUT2D eigenvalue weighted by Crippen LogP contribution is -2.25.